The Morgan fingerprint density at radius 2 is 2.20 bits per heavy atom. The summed E-state index contributed by atoms with van der Waals surface area (Å²) in [7, 11) is -3.81. The van der Waals surface area contributed by atoms with Crippen molar-refractivity contribution in [1.29, 1.82) is 0 Å². The number of aromatic nitrogens is 2. The molecule has 1 aromatic carbocycles. The summed E-state index contributed by atoms with van der Waals surface area (Å²) in [5, 5.41) is 1.64. The van der Waals surface area contributed by atoms with Gasteiger partial charge >= 0.3 is 0 Å². The van der Waals surface area contributed by atoms with E-state index in [1.165, 1.54) is 15.7 Å². The third kappa shape index (κ3) is 2.44. The van der Waals surface area contributed by atoms with Gasteiger partial charge in [-0.25, -0.2) is 4.98 Å². The normalized spacial score (nSPS) is 11.9. The fourth-order valence-electron chi connectivity index (χ4n) is 1.73. The Bertz CT molecular complexity index is 888. The van der Waals surface area contributed by atoms with Gasteiger partial charge in [-0.1, -0.05) is 33.6 Å². The van der Waals surface area contributed by atoms with Gasteiger partial charge in [0.15, 0.2) is 15.1 Å². The maximum absolute atomic E-state index is 12.4. The van der Waals surface area contributed by atoms with Crippen LogP contribution in [0.4, 0.5) is 5.69 Å². The van der Waals surface area contributed by atoms with Crippen molar-refractivity contribution >= 4 is 59.5 Å². The lowest BCUT2D eigenvalue weighted by atomic mass is 10.3. The van der Waals surface area contributed by atoms with Crippen molar-refractivity contribution in [3.05, 3.63) is 45.5 Å². The molecular weight excluding hydrogens is 386 g/mol. The summed E-state index contributed by atoms with van der Waals surface area (Å²) in [5.41, 5.74) is 0.445. The fraction of sp³-hybridized carbons (Fsp3) is 0. The van der Waals surface area contributed by atoms with E-state index in [0.29, 0.717) is 10.6 Å². The van der Waals surface area contributed by atoms with Crippen molar-refractivity contribution in [2.45, 2.75) is 5.03 Å². The summed E-state index contributed by atoms with van der Waals surface area (Å²) in [5.74, 6) is 0. The molecule has 0 aliphatic heterocycles. The number of fused-ring (bicyclic) bond motifs is 1. The van der Waals surface area contributed by atoms with Gasteiger partial charge in [0, 0.05) is 21.7 Å². The highest BCUT2D eigenvalue weighted by Gasteiger charge is 2.25. The van der Waals surface area contributed by atoms with Crippen LogP contribution < -0.4 is 4.72 Å². The number of nitrogens with one attached hydrogen (secondary N) is 1. The second-order valence-electron chi connectivity index (χ2n) is 3.88. The predicted molar refractivity (Wildman–Crippen MR) is 83.0 cm³/mol. The van der Waals surface area contributed by atoms with Gasteiger partial charge < -0.3 is 0 Å². The molecule has 0 aliphatic rings. The molecule has 0 saturated carbocycles. The molecular formula is C11H7BrClN3O2S2. The SMILES string of the molecule is O=S(=O)(Nc1cccc(Br)c1)c1c(Cl)nc2sccn12. The van der Waals surface area contributed by atoms with Gasteiger partial charge in [0.25, 0.3) is 10.0 Å². The average molecular weight is 393 g/mol. The van der Waals surface area contributed by atoms with E-state index in [1.807, 2.05) is 0 Å². The lowest BCUT2D eigenvalue weighted by Crippen LogP contribution is -2.15. The van der Waals surface area contributed by atoms with Crippen molar-refractivity contribution in [2.75, 3.05) is 4.72 Å². The van der Waals surface area contributed by atoms with Crippen LogP contribution in [-0.2, 0) is 10.0 Å². The molecule has 0 fully saturated rings. The Morgan fingerprint density at radius 1 is 1.40 bits per heavy atom. The molecule has 0 radical (unpaired) electrons. The smallest absolute Gasteiger partial charge is 0.278 e. The van der Waals surface area contributed by atoms with Crippen molar-refractivity contribution in [2.24, 2.45) is 0 Å². The molecule has 0 saturated heterocycles. The Hall–Kier alpha value is -1.09. The summed E-state index contributed by atoms with van der Waals surface area (Å²) in [6.45, 7) is 0. The summed E-state index contributed by atoms with van der Waals surface area (Å²) in [4.78, 5) is 4.55. The number of nitrogens with zero attached hydrogens (tertiary/aromatic N) is 2. The van der Waals surface area contributed by atoms with Crippen LogP contribution in [0.3, 0.4) is 0 Å². The summed E-state index contributed by atoms with van der Waals surface area (Å²) < 4.78 is 29.6. The van der Waals surface area contributed by atoms with Crippen LogP contribution in [0.1, 0.15) is 0 Å². The molecule has 3 rings (SSSR count). The average Bonchev–Trinajstić information content (AvgIpc) is 2.87. The zero-order chi connectivity index (χ0) is 14.3. The molecule has 0 bridgehead atoms. The van der Waals surface area contributed by atoms with Gasteiger partial charge in [0.2, 0.25) is 0 Å². The van der Waals surface area contributed by atoms with E-state index in [9.17, 15) is 8.42 Å². The number of thiazole rings is 1. The molecule has 3 aromatic rings. The van der Waals surface area contributed by atoms with Crippen LogP contribution in [0.5, 0.6) is 0 Å². The number of imidazole rings is 1. The van der Waals surface area contributed by atoms with Crippen LogP contribution in [-0.4, -0.2) is 17.8 Å². The van der Waals surface area contributed by atoms with E-state index in [2.05, 4.69) is 25.6 Å². The van der Waals surface area contributed by atoms with Crippen LogP contribution in [0.2, 0.25) is 5.15 Å². The molecule has 1 N–H and O–H groups in total. The first kappa shape index (κ1) is 13.9. The van der Waals surface area contributed by atoms with Crippen LogP contribution >= 0.6 is 38.9 Å². The molecule has 9 heteroatoms. The number of halogens is 2. The minimum absolute atomic E-state index is 0.0423. The number of hydrogen-bond acceptors (Lipinski definition) is 4. The number of rotatable bonds is 3. The molecule has 0 spiro atoms. The third-order valence-corrected chi connectivity index (χ3v) is 5.54. The molecule has 20 heavy (non-hydrogen) atoms. The first-order valence-corrected chi connectivity index (χ1v) is 8.90. The molecule has 0 aliphatic carbocycles. The zero-order valence-electron chi connectivity index (χ0n) is 9.75. The highest BCUT2D eigenvalue weighted by Crippen LogP contribution is 2.27. The van der Waals surface area contributed by atoms with Gasteiger partial charge in [-0.2, -0.15) is 8.42 Å². The van der Waals surface area contributed by atoms with Crippen molar-refractivity contribution in [3.63, 3.8) is 0 Å². The lowest BCUT2D eigenvalue weighted by Gasteiger charge is -2.07. The molecule has 0 amide bonds. The highest BCUT2D eigenvalue weighted by atomic mass is 79.9. The van der Waals surface area contributed by atoms with Gasteiger partial charge in [0.1, 0.15) is 0 Å². The van der Waals surface area contributed by atoms with Crippen molar-refractivity contribution < 1.29 is 8.42 Å². The van der Waals surface area contributed by atoms with E-state index in [-0.39, 0.29) is 10.2 Å². The van der Waals surface area contributed by atoms with Crippen LogP contribution in [0.15, 0.2) is 45.3 Å². The molecule has 2 heterocycles. The van der Waals surface area contributed by atoms with Gasteiger partial charge in [-0.05, 0) is 18.2 Å². The quantitative estimate of drug-likeness (QED) is 0.740. The summed E-state index contributed by atoms with van der Waals surface area (Å²) in [6, 6.07) is 6.86. The second kappa shape index (κ2) is 5.03. The topological polar surface area (TPSA) is 63.5 Å². The predicted octanol–water partition coefficient (Wildman–Crippen LogP) is 3.61. The number of hydrogen-bond donors (Lipinski definition) is 1. The summed E-state index contributed by atoms with van der Waals surface area (Å²) >= 11 is 10.5. The monoisotopic (exact) mass is 391 g/mol. The standard InChI is InChI=1S/C11H7BrClN3O2S2/c12-7-2-1-3-8(6-7)15-20(17,18)10-9(13)14-11-16(10)4-5-19-11/h1-6,15H. The van der Waals surface area contributed by atoms with E-state index in [1.54, 1.807) is 35.8 Å². The van der Waals surface area contributed by atoms with E-state index < -0.39 is 10.0 Å². The van der Waals surface area contributed by atoms with E-state index in [4.69, 9.17) is 11.6 Å². The third-order valence-electron chi connectivity index (χ3n) is 2.51. The van der Waals surface area contributed by atoms with Crippen LogP contribution in [0.25, 0.3) is 4.96 Å². The number of benzene rings is 1. The number of sulfonamides is 1. The van der Waals surface area contributed by atoms with E-state index in [0.717, 1.165) is 4.47 Å². The number of anilines is 1. The maximum atomic E-state index is 12.4. The summed E-state index contributed by atoms with van der Waals surface area (Å²) in [6.07, 6.45) is 1.62. The largest absolute Gasteiger partial charge is 0.281 e. The Kier molecular flexibility index (Phi) is 3.49. The minimum Gasteiger partial charge on any atom is -0.278 e. The lowest BCUT2D eigenvalue weighted by molar-refractivity contribution is 0.597. The zero-order valence-corrected chi connectivity index (χ0v) is 13.7. The Labute approximate surface area is 132 Å². The Morgan fingerprint density at radius 3 is 2.95 bits per heavy atom. The fourth-order valence-corrected chi connectivity index (χ4v) is 4.64. The van der Waals surface area contributed by atoms with Gasteiger partial charge in [0.05, 0.1) is 0 Å². The highest BCUT2D eigenvalue weighted by molar-refractivity contribution is 9.10. The molecule has 0 unspecified atom stereocenters. The minimum atomic E-state index is -3.81. The second-order valence-corrected chi connectivity index (χ2v) is 7.62. The first-order chi connectivity index (χ1) is 9.47. The van der Waals surface area contributed by atoms with Gasteiger partial charge in [-0.15, -0.1) is 11.3 Å². The van der Waals surface area contributed by atoms with E-state index >= 15 is 0 Å². The Balaban J connectivity index is 2.08. The molecule has 0 atom stereocenters. The van der Waals surface area contributed by atoms with Crippen LogP contribution in [0, 0.1) is 0 Å². The first-order valence-electron chi connectivity index (χ1n) is 5.37. The maximum Gasteiger partial charge on any atom is 0.281 e. The molecule has 5 nitrogen and oxygen atoms in total. The van der Waals surface area contributed by atoms with Crippen molar-refractivity contribution in [3.8, 4) is 0 Å². The molecule has 2 aromatic heterocycles. The van der Waals surface area contributed by atoms with Crippen molar-refractivity contribution in [1.82, 2.24) is 9.38 Å². The molecule has 104 valence electrons. The van der Waals surface area contributed by atoms with Gasteiger partial charge in [-0.3, -0.25) is 9.12 Å².